The second-order valence-electron chi connectivity index (χ2n) is 2.40. The van der Waals surface area contributed by atoms with Gasteiger partial charge in [0.25, 0.3) is 0 Å². The average Bonchev–Trinajstić information content (AvgIpc) is 2.11. The molecule has 0 aliphatic rings. The Hall–Kier alpha value is -1.20. The molecule has 0 fully saturated rings. The fourth-order valence-electron chi connectivity index (χ4n) is 0.806. The highest BCUT2D eigenvalue weighted by molar-refractivity contribution is 5.79. The molecule has 0 spiro atoms. The van der Waals surface area contributed by atoms with Crippen LogP contribution in [0.5, 0.6) is 0 Å². The van der Waals surface area contributed by atoms with Crippen LogP contribution < -0.4 is 0 Å². The molecule has 0 saturated heterocycles. The summed E-state index contributed by atoms with van der Waals surface area (Å²) in [6.07, 6.45) is -2.89. The number of carboxylic acid groups (broad SMARTS) is 1. The summed E-state index contributed by atoms with van der Waals surface area (Å²) < 4.78 is 28.6. The summed E-state index contributed by atoms with van der Waals surface area (Å²) in [6.45, 7) is -1.40. The van der Waals surface area contributed by atoms with Gasteiger partial charge < -0.3 is 9.84 Å². The van der Waals surface area contributed by atoms with Crippen LogP contribution in [0, 0.1) is 5.92 Å². The zero-order valence-electron chi connectivity index (χ0n) is 7.00. The van der Waals surface area contributed by atoms with Crippen molar-refractivity contribution in [3.63, 3.8) is 0 Å². The van der Waals surface area contributed by atoms with Gasteiger partial charge in [-0.1, -0.05) is 0 Å². The number of carbonyl (C=O) groups excluding carboxylic acids is 1. The van der Waals surface area contributed by atoms with Gasteiger partial charge in [0.2, 0.25) is 0 Å². The number of carbonyl (C=O) groups is 2. The molecule has 0 aliphatic heterocycles. The van der Waals surface area contributed by atoms with E-state index >= 15 is 0 Å². The number of methoxy groups -OCH3 is 1. The summed E-state index contributed by atoms with van der Waals surface area (Å²) in [4.78, 5) is 20.9. The van der Waals surface area contributed by atoms with Crippen molar-refractivity contribution in [3.05, 3.63) is 0 Å². The molecule has 0 aliphatic carbocycles. The minimum Gasteiger partial charge on any atom is -0.481 e. The van der Waals surface area contributed by atoms with Crippen LogP contribution in [0.4, 0.5) is 8.78 Å². The maximum absolute atomic E-state index is 12.7. The molecule has 0 bridgehead atoms. The van der Waals surface area contributed by atoms with Gasteiger partial charge in [-0.2, -0.15) is 0 Å². The number of aliphatic carboxylic acids is 1. The van der Waals surface area contributed by atoms with Gasteiger partial charge in [-0.05, 0) is 0 Å². The van der Waals surface area contributed by atoms with Gasteiger partial charge in [0.15, 0.2) is 0 Å². The summed E-state index contributed by atoms with van der Waals surface area (Å²) in [5.74, 6) is -3.98. The lowest BCUT2D eigenvalue weighted by Crippen LogP contribution is -2.30. The molecule has 1 N–H and O–H groups in total. The molecule has 0 aromatic heterocycles. The van der Waals surface area contributed by atoms with Gasteiger partial charge in [-0.15, -0.1) is 0 Å². The van der Waals surface area contributed by atoms with E-state index in [1.54, 1.807) is 0 Å². The highest BCUT2D eigenvalue weighted by Crippen LogP contribution is 2.15. The van der Waals surface area contributed by atoms with Gasteiger partial charge in [0.05, 0.1) is 13.5 Å². The van der Waals surface area contributed by atoms with Gasteiger partial charge >= 0.3 is 11.9 Å². The molecule has 4 nitrogen and oxygen atoms in total. The molecule has 76 valence electrons. The van der Waals surface area contributed by atoms with Crippen LogP contribution in [0.15, 0.2) is 0 Å². The van der Waals surface area contributed by atoms with Crippen molar-refractivity contribution < 1.29 is 28.2 Å². The number of halogens is 2. The number of carboxylic acids is 1. The van der Waals surface area contributed by atoms with Gasteiger partial charge in [0, 0.05) is 0 Å². The Morgan fingerprint density at radius 2 is 2.08 bits per heavy atom. The Balaban J connectivity index is 4.35. The van der Waals surface area contributed by atoms with Gasteiger partial charge in [-0.3, -0.25) is 9.59 Å². The third-order valence-electron chi connectivity index (χ3n) is 1.48. The fraction of sp³-hybridized carbons (Fsp3) is 0.714. The predicted octanol–water partition coefficient (Wildman–Crippen LogP) is 0.558. The molecule has 0 saturated carbocycles. The van der Waals surface area contributed by atoms with Crippen molar-refractivity contribution in [3.8, 4) is 0 Å². The normalized spacial score (nSPS) is 14.7. The molecule has 0 amide bonds. The van der Waals surface area contributed by atoms with E-state index in [4.69, 9.17) is 5.11 Å². The van der Waals surface area contributed by atoms with Crippen molar-refractivity contribution in [1.82, 2.24) is 0 Å². The first-order valence-electron chi connectivity index (χ1n) is 3.52. The van der Waals surface area contributed by atoms with Crippen LogP contribution in [-0.4, -0.2) is 37.0 Å². The monoisotopic (exact) mass is 196 g/mol. The fourth-order valence-corrected chi connectivity index (χ4v) is 0.806. The second kappa shape index (κ2) is 5.45. The van der Waals surface area contributed by atoms with E-state index < -0.39 is 37.1 Å². The molecule has 0 aromatic carbocycles. The third kappa shape index (κ3) is 3.82. The number of rotatable bonds is 5. The molecular weight excluding hydrogens is 186 g/mol. The molecule has 13 heavy (non-hydrogen) atoms. The lowest BCUT2D eigenvalue weighted by molar-refractivity contribution is -0.153. The summed E-state index contributed by atoms with van der Waals surface area (Å²) in [5, 5.41) is 8.28. The summed E-state index contributed by atoms with van der Waals surface area (Å²) in [5.41, 5.74) is 0. The SMILES string of the molecule is COC(=O)C(CC(=O)O)C(F)CF. The van der Waals surface area contributed by atoms with E-state index in [1.165, 1.54) is 0 Å². The topological polar surface area (TPSA) is 63.6 Å². The smallest absolute Gasteiger partial charge is 0.312 e. The summed E-state index contributed by atoms with van der Waals surface area (Å²) >= 11 is 0. The molecule has 0 rings (SSSR count). The van der Waals surface area contributed by atoms with E-state index in [1.807, 2.05) is 0 Å². The molecule has 0 heterocycles. The number of ether oxygens (including phenoxy) is 1. The number of alkyl halides is 2. The zero-order chi connectivity index (χ0) is 10.4. The Labute approximate surface area is 73.5 Å². The molecular formula is C7H10F2O4. The Morgan fingerprint density at radius 3 is 2.38 bits per heavy atom. The minimum atomic E-state index is -2.12. The first-order valence-corrected chi connectivity index (χ1v) is 3.52. The van der Waals surface area contributed by atoms with Crippen LogP contribution in [-0.2, 0) is 14.3 Å². The molecule has 6 heteroatoms. The quantitative estimate of drug-likeness (QED) is 0.652. The predicted molar refractivity (Wildman–Crippen MR) is 38.6 cm³/mol. The number of hydrogen-bond donors (Lipinski definition) is 1. The first-order chi connectivity index (χ1) is 6.02. The summed E-state index contributed by atoms with van der Waals surface area (Å²) in [7, 11) is 0.988. The highest BCUT2D eigenvalue weighted by atomic mass is 19.2. The van der Waals surface area contributed by atoms with Gasteiger partial charge in [-0.25, -0.2) is 8.78 Å². The van der Waals surface area contributed by atoms with Crippen molar-refractivity contribution in [1.29, 1.82) is 0 Å². The maximum atomic E-state index is 12.7. The number of hydrogen-bond acceptors (Lipinski definition) is 3. The van der Waals surface area contributed by atoms with Crippen LogP contribution in [0.2, 0.25) is 0 Å². The zero-order valence-corrected chi connectivity index (χ0v) is 7.00. The van der Waals surface area contributed by atoms with Crippen molar-refractivity contribution >= 4 is 11.9 Å². The van der Waals surface area contributed by atoms with E-state index in [2.05, 4.69) is 4.74 Å². The van der Waals surface area contributed by atoms with Crippen LogP contribution in [0.1, 0.15) is 6.42 Å². The van der Waals surface area contributed by atoms with Crippen LogP contribution in [0.25, 0.3) is 0 Å². The van der Waals surface area contributed by atoms with Gasteiger partial charge in [0.1, 0.15) is 18.8 Å². The molecule has 2 unspecified atom stereocenters. The molecule has 0 radical (unpaired) electrons. The minimum absolute atomic E-state index is 0.766. The van der Waals surface area contributed by atoms with E-state index in [-0.39, 0.29) is 0 Å². The van der Waals surface area contributed by atoms with Crippen molar-refractivity contribution in [2.75, 3.05) is 13.8 Å². The van der Waals surface area contributed by atoms with Crippen LogP contribution >= 0.6 is 0 Å². The first kappa shape index (κ1) is 11.8. The van der Waals surface area contributed by atoms with Crippen molar-refractivity contribution in [2.45, 2.75) is 12.6 Å². The van der Waals surface area contributed by atoms with Crippen molar-refractivity contribution in [2.24, 2.45) is 5.92 Å². The molecule has 2 atom stereocenters. The Morgan fingerprint density at radius 1 is 1.54 bits per heavy atom. The lowest BCUT2D eigenvalue weighted by atomic mass is 10.0. The Kier molecular flexibility index (Phi) is 4.94. The average molecular weight is 196 g/mol. The lowest BCUT2D eigenvalue weighted by Gasteiger charge is -2.13. The van der Waals surface area contributed by atoms with E-state index in [0.29, 0.717) is 0 Å². The molecule has 0 aromatic rings. The van der Waals surface area contributed by atoms with E-state index in [0.717, 1.165) is 7.11 Å². The number of esters is 1. The third-order valence-corrected chi connectivity index (χ3v) is 1.48. The van der Waals surface area contributed by atoms with E-state index in [9.17, 15) is 18.4 Å². The van der Waals surface area contributed by atoms with Crippen LogP contribution in [0.3, 0.4) is 0 Å². The highest BCUT2D eigenvalue weighted by Gasteiger charge is 2.31. The maximum Gasteiger partial charge on any atom is 0.312 e. The standard InChI is InChI=1S/C7H10F2O4/c1-13-7(12)4(2-6(10)11)5(9)3-8/h4-5H,2-3H2,1H3,(H,10,11). The largest absolute Gasteiger partial charge is 0.481 e. The Bertz CT molecular complexity index is 195. The second-order valence-corrected chi connectivity index (χ2v) is 2.40. The summed E-state index contributed by atoms with van der Waals surface area (Å²) in [6, 6.07) is 0.